The lowest BCUT2D eigenvalue weighted by atomic mass is 10.00. The first-order valence-electron chi connectivity index (χ1n) is 9.27. The van der Waals surface area contributed by atoms with Crippen LogP contribution in [0.1, 0.15) is 16.0 Å². The Morgan fingerprint density at radius 3 is 2.54 bits per heavy atom. The van der Waals surface area contributed by atoms with Crippen LogP contribution in [-0.2, 0) is 11.3 Å². The third-order valence-electron chi connectivity index (χ3n) is 4.76. The van der Waals surface area contributed by atoms with Gasteiger partial charge in [0, 0.05) is 37.2 Å². The molecule has 0 N–H and O–H groups in total. The number of aryl methyl sites for hydroxylation is 2. The average Bonchev–Trinajstić information content (AvgIpc) is 3.00. The van der Waals surface area contributed by atoms with Crippen LogP contribution in [0.15, 0.2) is 52.3 Å². The second kappa shape index (κ2) is 9.02. The molecule has 2 heterocycles. The van der Waals surface area contributed by atoms with Gasteiger partial charge in [0.1, 0.15) is 0 Å². The fourth-order valence-corrected chi connectivity index (χ4v) is 5.82. The maximum atomic E-state index is 5.93. The van der Waals surface area contributed by atoms with Gasteiger partial charge in [-0.25, -0.2) is 0 Å². The summed E-state index contributed by atoms with van der Waals surface area (Å²) in [5.74, 6) is 0. The molecule has 2 nitrogen and oxygen atoms in total. The summed E-state index contributed by atoms with van der Waals surface area (Å²) in [6, 6.07) is 15.7. The van der Waals surface area contributed by atoms with E-state index in [2.05, 4.69) is 75.3 Å². The number of hydrogen-bond acceptors (Lipinski definition) is 4. The van der Waals surface area contributed by atoms with Crippen LogP contribution in [0.4, 0.5) is 0 Å². The van der Waals surface area contributed by atoms with E-state index >= 15 is 0 Å². The summed E-state index contributed by atoms with van der Waals surface area (Å²) in [5, 5.41) is 0. The first-order valence-corrected chi connectivity index (χ1v) is 10.9. The molecule has 1 aromatic heterocycles. The van der Waals surface area contributed by atoms with Crippen molar-refractivity contribution in [3.63, 3.8) is 0 Å². The fourth-order valence-electron chi connectivity index (χ4n) is 3.48. The molecule has 148 valence electrons. The van der Waals surface area contributed by atoms with Gasteiger partial charge in [-0.2, -0.15) is 0 Å². The standard InChI is InChI=1S/C23H25NOS2.ClH/c1-15-11-16(2)22-20(12-15)23-19(18-7-5-6-8-21(18)27-22)13-17(26-23)14-25-10-9-24(3)4;/h5-8,11-13H,9-10,14H2,1-4H3;1H. The highest BCUT2D eigenvalue weighted by molar-refractivity contribution is 7.99. The molecule has 0 fully saturated rings. The Kier molecular flexibility index (Phi) is 6.89. The lowest BCUT2D eigenvalue weighted by Crippen LogP contribution is -2.17. The number of nitrogens with zero attached hydrogens (tertiary/aromatic N) is 1. The largest absolute Gasteiger partial charge is 0.375 e. The fraction of sp³-hybridized carbons (Fsp3) is 0.304. The molecular weight excluding hydrogens is 406 g/mol. The van der Waals surface area contributed by atoms with Gasteiger partial charge in [-0.15, -0.1) is 23.7 Å². The molecule has 5 heteroatoms. The number of hydrogen-bond donors (Lipinski definition) is 0. The molecule has 2 aromatic carbocycles. The molecule has 0 atom stereocenters. The Morgan fingerprint density at radius 1 is 0.964 bits per heavy atom. The highest BCUT2D eigenvalue weighted by atomic mass is 35.5. The first kappa shape index (κ1) is 21.4. The highest BCUT2D eigenvalue weighted by Crippen LogP contribution is 2.52. The number of benzene rings is 2. The summed E-state index contributed by atoms with van der Waals surface area (Å²) < 4.78 is 5.93. The van der Waals surface area contributed by atoms with E-state index in [0.29, 0.717) is 6.61 Å². The van der Waals surface area contributed by atoms with Gasteiger partial charge in [0.25, 0.3) is 0 Å². The summed E-state index contributed by atoms with van der Waals surface area (Å²) in [6.07, 6.45) is 0. The van der Waals surface area contributed by atoms with Gasteiger partial charge in [0.05, 0.1) is 13.2 Å². The second-order valence-corrected chi connectivity index (χ2v) is 9.56. The van der Waals surface area contributed by atoms with Gasteiger partial charge < -0.3 is 9.64 Å². The monoisotopic (exact) mass is 431 g/mol. The molecule has 0 bridgehead atoms. The van der Waals surface area contributed by atoms with Crippen LogP contribution < -0.4 is 0 Å². The van der Waals surface area contributed by atoms with Crippen LogP contribution in [-0.4, -0.2) is 32.1 Å². The van der Waals surface area contributed by atoms with Crippen molar-refractivity contribution in [3.05, 3.63) is 58.5 Å². The van der Waals surface area contributed by atoms with E-state index in [9.17, 15) is 0 Å². The van der Waals surface area contributed by atoms with E-state index in [1.165, 1.54) is 47.4 Å². The maximum absolute atomic E-state index is 5.93. The van der Waals surface area contributed by atoms with Crippen molar-refractivity contribution < 1.29 is 4.74 Å². The predicted molar refractivity (Wildman–Crippen MR) is 124 cm³/mol. The minimum atomic E-state index is 0. The Morgan fingerprint density at radius 2 is 1.75 bits per heavy atom. The van der Waals surface area contributed by atoms with Crippen molar-refractivity contribution in [1.29, 1.82) is 0 Å². The quantitative estimate of drug-likeness (QED) is 0.327. The Labute approximate surface area is 182 Å². The highest BCUT2D eigenvalue weighted by Gasteiger charge is 2.23. The molecule has 0 radical (unpaired) electrons. The van der Waals surface area contributed by atoms with Gasteiger partial charge in [0.2, 0.25) is 0 Å². The summed E-state index contributed by atoms with van der Waals surface area (Å²) in [7, 11) is 4.15. The molecule has 1 aliphatic heterocycles. The van der Waals surface area contributed by atoms with Crippen molar-refractivity contribution in [2.75, 3.05) is 27.2 Å². The van der Waals surface area contributed by atoms with Crippen molar-refractivity contribution in [2.24, 2.45) is 0 Å². The average molecular weight is 432 g/mol. The summed E-state index contributed by atoms with van der Waals surface area (Å²) >= 11 is 3.78. The van der Waals surface area contributed by atoms with E-state index in [4.69, 9.17) is 4.74 Å². The van der Waals surface area contributed by atoms with Gasteiger partial charge in [-0.05, 0) is 57.3 Å². The van der Waals surface area contributed by atoms with Gasteiger partial charge in [-0.1, -0.05) is 41.6 Å². The van der Waals surface area contributed by atoms with E-state index in [1.54, 1.807) is 0 Å². The third-order valence-corrected chi connectivity index (χ3v) is 7.23. The van der Waals surface area contributed by atoms with Crippen LogP contribution in [0.2, 0.25) is 0 Å². The molecule has 4 rings (SSSR count). The number of halogens is 1. The normalized spacial score (nSPS) is 12.0. The molecule has 3 aromatic rings. The van der Waals surface area contributed by atoms with Crippen LogP contribution in [0.3, 0.4) is 0 Å². The Hall–Kier alpha value is -1.30. The number of rotatable bonds is 5. The summed E-state index contributed by atoms with van der Waals surface area (Å²) in [5.41, 5.74) is 6.73. The molecule has 1 aliphatic rings. The predicted octanol–water partition coefficient (Wildman–Crippen LogP) is 6.66. The zero-order valence-corrected chi connectivity index (χ0v) is 19.2. The van der Waals surface area contributed by atoms with Crippen LogP contribution in [0, 0.1) is 13.8 Å². The van der Waals surface area contributed by atoms with Crippen molar-refractivity contribution in [1.82, 2.24) is 4.90 Å². The number of ether oxygens (including phenoxy) is 1. The lowest BCUT2D eigenvalue weighted by Gasteiger charge is -2.11. The Bertz CT molecular complexity index is 981. The van der Waals surface area contributed by atoms with Gasteiger partial charge in [0.15, 0.2) is 0 Å². The lowest BCUT2D eigenvalue weighted by molar-refractivity contribution is 0.107. The molecule has 0 amide bonds. The zero-order chi connectivity index (χ0) is 19.0. The molecule has 0 saturated heterocycles. The smallest absolute Gasteiger partial charge is 0.0810 e. The number of fused-ring (bicyclic) bond motifs is 5. The van der Waals surface area contributed by atoms with Crippen LogP contribution >= 0.6 is 35.5 Å². The molecule has 0 aliphatic carbocycles. The van der Waals surface area contributed by atoms with Gasteiger partial charge >= 0.3 is 0 Å². The summed E-state index contributed by atoms with van der Waals surface area (Å²) in [4.78, 5) is 7.54. The molecular formula is C23H26ClNOS2. The minimum Gasteiger partial charge on any atom is -0.375 e. The molecule has 0 spiro atoms. The zero-order valence-electron chi connectivity index (χ0n) is 16.7. The van der Waals surface area contributed by atoms with E-state index < -0.39 is 0 Å². The Balaban J connectivity index is 0.00000225. The second-order valence-electron chi connectivity index (χ2n) is 7.37. The van der Waals surface area contributed by atoms with Crippen LogP contribution in [0.5, 0.6) is 0 Å². The molecule has 0 saturated carbocycles. The number of likely N-dealkylation sites (N-methyl/N-ethyl adjacent to an activating group) is 1. The molecule has 28 heavy (non-hydrogen) atoms. The van der Waals surface area contributed by atoms with Crippen molar-refractivity contribution in [3.8, 4) is 21.6 Å². The first-order chi connectivity index (χ1) is 13.0. The summed E-state index contributed by atoms with van der Waals surface area (Å²) in [6.45, 7) is 6.81. The third kappa shape index (κ3) is 4.32. The molecule has 0 unspecified atom stereocenters. The maximum Gasteiger partial charge on any atom is 0.0810 e. The topological polar surface area (TPSA) is 12.5 Å². The van der Waals surface area contributed by atoms with Crippen molar-refractivity contribution >= 4 is 35.5 Å². The SMILES string of the molecule is Cc1cc(C)c2c(c1)-c1sc(COCCN(C)C)cc1-c1ccccc1S2.Cl. The van der Waals surface area contributed by atoms with E-state index in [1.807, 2.05) is 23.1 Å². The van der Waals surface area contributed by atoms with Crippen molar-refractivity contribution in [2.45, 2.75) is 30.2 Å². The van der Waals surface area contributed by atoms with E-state index in [-0.39, 0.29) is 12.4 Å². The van der Waals surface area contributed by atoms with E-state index in [0.717, 1.165) is 13.2 Å². The number of thiophene rings is 1. The van der Waals surface area contributed by atoms with Crippen LogP contribution in [0.25, 0.3) is 21.6 Å². The minimum absolute atomic E-state index is 0. The van der Waals surface area contributed by atoms with Gasteiger partial charge in [-0.3, -0.25) is 0 Å².